The number of aryl methyl sites for hydroxylation is 12. The molecule has 15 nitrogen and oxygen atoms in total. The molecule has 0 amide bonds. The first-order valence-electron chi connectivity index (χ1n) is 50.3. The van der Waals surface area contributed by atoms with Crippen molar-refractivity contribution < 1.29 is 44.9 Å². The normalized spacial score (nSPS) is 12.0. The molecule has 0 aliphatic rings. The molecule has 714 valence electrons. The summed E-state index contributed by atoms with van der Waals surface area (Å²) in [6, 6.07) is 65.6. The first-order valence-corrected chi connectivity index (χ1v) is 50.3. The summed E-state index contributed by atoms with van der Waals surface area (Å²) in [5.74, 6) is 4.09. The Morgan fingerprint density at radius 1 is 0.259 bits per heavy atom. The van der Waals surface area contributed by atoms with E-state index in [0.717, 1.165) is 200 Å². The van der Waals surface area contributed by atoms with Crippen LogP contribution < -0.4 is 22.8 Å². The molecular formula is C124H143N10O5+5. The lowest BCUT2D eigenvalue weighted by Gasteiger charge is -2.16. The highest BCUT2D eigenvalue weighted by molar-refractivity contribution is 6.13. The maximum atomic E-state index is 6.41. The van der Waals surface area contributed by atoms with Gasteiger partial charge >= 0.3 is 0 Å². The van der Waals surface area contributed by atoms with Gasteiger partial charge in [-0.1, -0.05) is 185 Å². The molecule has 0 unspecified atom stereocenters. The van der Waals surface area contributed by atoms with Crippen molar-refractivity contribution in [2.24, 2.45) is 70.7 Å². The largest absolute Gasteiger partial charge is 0.437 e. The van der Waals surface area contributed by atoms with Gasteiger partial charge in [-0.05, 0) is 244 Å². The van der Waals surface area contributed by atoms with Crippen molar-refractivity contribution in [3.05, 3.63) is 297 Å². The lowest BCUT2D eigenvalue weighted by molar-refractivity contribution is -0.660. The third-order valence-corrected chi connectivity index (χ3v) is 26.8. The summed E-state index contributed by atoms with van der Waals surface area (Å²) >= 11 is 0. The zero-order valence-corrected chi connectivity index (χ0v) is 87.7. The highest BCUT2D eigenvalue weighted by atomic mass is 16.4. The van der Waals surface area contributed by atoms with Crippen molar-refractivity contribution >= 4 is 110 Å². The molecule has 0 aliphatic carbocycles. The molecule has 0 saturated carbocycles. The van der Waals surface area contributed by atoms with Crippen LogP contribution in [0.2, 0.25) is 0 Å². The number of fused-ring (bicyclic) bond motifs is 15. The van der Waals surface area contributed by atoms with Gasteiger partial charge in [0, 0.05) is 148 Å². The van der Waals surface area contributed by atoms with Crippen LogP contribution in [0.1, 0.15) is 215 Å². The van der Waals surface area contributed by atoms with Crippen LogP contribution in [0.25, 0.3) is 167 Å². The average molecular weight is 1850 g/mol. The van der Waals surface area contributed by atoms with Crippen LogP contribution >= 0.6 is 0 Å². The number of rotatable bonds is 19. The molecule has 0 radical (unpaired) electrons. The van der Waals surface area contributed by atoms with Crippen LogP contribution in [0.15, 0.2) is 235 Å². The first-order chi connectivity index (χ1) is 66.2. The van der Waals surface area contributed by atoms with E-state index in [1.807, 2.05) is 13.0 Å². The van der Waals surface area contributed by atoms with E-state index in [0.29, 0.717) is 47.1 Å². The topological polar surface area (TPSA) is 150 Å². The summed E-state index contributed by atoms with van der Waals surface area (Å²) in [6.07, 6.45) is 18.0. The Kier molecular flexibility index (Phi) is 29.1. The second-order valence-electron chi connectivity index (χ2n) is 42.9. The van der Waals surface area contributed by atoms with Crippen LogP contribution in [0.5, 0.6) is 0 Å². The van der Waals surface area contributed by atoms with Gasteiger partial charge in [0.25, 0.3) is 0 Å². The maximum absolute atomic E-state index is 6.41. The summed E-state index contributed by atoms with van der Waals surface area (Å²) < 4.78 is 42.7. The number of benzene rings is 5. The van der Waals surface area contributed by atoms with Crippen LogP contribution in [-0.4, -0.2) is 24.9 Å². The number of hydrogen-bond acceptors (Lipinski definition) is 10. The Morgan fingerprint density at radius 3 is 0.784 bits per heavy atom. The maximum Gasteiger partial charge on any atom is 0.227 e. The summed E-state index contributed by atoms with van der Waals surface area (Å²) in [6.45, 7) is 52.8. The van der Waals surface area contributed by atoms with Crippen molar-refractivity contribution in [1.29, 1.82) is 0 Å². The molecule has 0 saturated heterocycles. The molecular weight excluding hydrogens is 1710 g/mol. The van der Waals surface area contributed by atoms with E-state index < -0.39 is 0 Å². The van der Waals surface area contributed by atoms with Gasteiger partial charge in [0.2, 0.25) is 57.0 Å². The Labute approximate surface area is 821 Å². The predicted molar refractivity (Wildman–Crippen MR) is 572 cm³/mol. The van der Waals surface area contributed by atoms with Crippen LogP contribution in [0.3, 0.4) is 0 Å². The molecule has 20 rings (SSSR count). The van der Waals surface area contributed by atoms with Crippen molar-refractivity contribution in [1.82, 2.24) is 24.9 Å². The quantitative estimate of drug-likeness (QED) is 0.0716. The van der Waals surface area contributed by atoms with E-state index in [4.69, 9.17) is 42.0 Å². The predicted octanol–water partition coefficient (Wildman–Crippen LogP) is 29.4. The number of aromatic nitrogens is 10. The molecule has 15 aromatic heterocycles. The van der Waals surface area contributed by atoms with E-state index >= 15 is 0 Å². The summed E-state index contributed by atoms with van der Waals surface area (Å²) in [5.41, 5.74) is 38.1. The standard InChI is InChI=1S/2C26H31N2O.C25H29N2O.C24H27N2O.C23H25N2O/c1-16(2)14-18-12-13-28(7)21(15-18)23-17(3)8-9-19-20-10-11-22(26(4,5)6)27-25(20)29-24(19)23;1-16(2)13-19-11-12-28(6)23(15-19)24-18(5)7-9-21-22-10-8-20(14-17(3)4)27-26(22)29-25(21)24;1-15(2)13-18-11-12-27(6)22(14-18)23-17(5)7-8-19-20-9-10-21(16(3)4)26-25(20)28-24(19)23;1-6-18-8-10-20-19-9-7-16(4)22(23(19)27-24(20)25-18)21-14-17(13-15(2)3)11-12-26(21)5;1-14(2)12-17-10-11-25(5)20(13-17)21-15(3)6-8-18-19-9-7-16(4)24-23(19)26-22(18)21/h8-13,15-16H,14H2,1-7H3;7-12,15-17H,13-14H2,1-6H3;7-12,14-16H,13H2,1-6H3;7-12,14-15H,6,13H2,1-5H3;6-11,13-14H,12H2,1-5H3/q5*+1. The Morgan fingerprint density at radius 2 is 0.504 bits per heavy atom. The monoisotopic (exact) mass is 1850 g/mol. The SMILES string of the molecule is CCc1ccc2c(n1)oc1c(-c3cc(CC(C)C)cc[n+]3C)c(C)ccc12.Cc1ccc2c(n1)oc1c(-c3cc(CC(C)C)cc[n+]3C)c(C)ccc12.Cc1ccc2c(oc3nc(C(C)(C)C)ccc32)c1-c1cc(CC(C)C)cc[n+]1C.Cc1ccc2c(oc3nc(C(C)C)ccc32)c1-c1cc(CC(C)C)cc[n+]1C.Cc1ccc2c(oc3nc(CC(C)C)ccc32)c1-c1cc(CC(C)C)cc[n+]1C. The minimum Gasteiger partial charge on any atom is -0.437 e. The molecule has 0 bridgehead atoms. The minimum absolute atomic E-state index is 0.0104. The van der Waals surface area contributed by atoms with Gasteiger partial charge in [0.1, 0.15) is 35.2 Å². The zero-order valence-electron chi connectivity index (χ0n) is 87.7. The van der Waals surface area contributed by atoms with Crippen LogP contribution in [0, 0.1) is 77.0 Å². The van der Waals surface area contributed by atoms with Gasteiger partial charge in [-0.25, -0.2) is 47.8 Å². The van der Waals surface area contributed by atoms with Crippen LogP contribution in [0.4, 0.5) is 0 Å². The summed E-state index contributed by atoms with van der Waals surface area (Å²) in [5, 5.41) is 11.1. The van der Waals surface area contributed by atoms with E-state index in [1.165, 1.54) is 89.7 Å². The van der Waals surface area contributed by atoms with Crippen LogP contribution in [-0.2, 0) is 85.6 Å². The molecule has 139 heavy (non-hydrogen) atoms. The van der Waals surface area contributed by atoms with Gasteiger partial charge in [-0.2, -0.15) is 0 Å². The summed E-state index contributed by atoms with van der Waals surface area (Å²) in [4.78, 5) is 23.7. The van der Waals surface area contributed by atoms with Gasteiger partial charge in [0.05, 0.1) is 27.8 Å². The molecule has 0 atom stereocenters. The lowest BCUT2D eigenvalue weighted by atomic mass is 9.91. The van der Waals surface area contributed by atoms with Gasteiger partial charge in [-0.3, -0.25) is 0 Å². The lowest BCUT2D eigenvalue weighted by Crippen LogP contribution is -2.31. The Bertz CT molecular complexity index is 7990. The summed E-state index contributed by atoms with van der Waals surface area (Å²) in [7, 11) is 10.5. The van der Waals surface area contributed by atoms with Crippen molar-refractivity contribution in [3.8, 4) is 56.3 Å². The van der Waals surface area contributed by atoms with E-state index in [-0.39, 0.29) is 5.41 Å². The molecule has 0 N–H and O–H groups in total. The van der Waals surface area contributed by atoms with E-state index in [9.17, 15) is 0 Å². The Balaban J connectivity index is 0.000000126. The van der Waals surface area contributed by atoms with Crippen molar-refractivity contribution in [2.45, 2.75) is 222 Å². The number of nitrogens with zero attached hydrogens (tertiary/aromatic N) is 10. The number of furan rings is 5. The minimum atomic E-state index is -0.0104. The molecule has 15 heterocycles. The van der Waals surface area contributed by atoms with Gasteiger partial charge in [0.15, 0.2) is 58.9 Å². The highest BCUT2D eigenvalue weighted by Gasteiger charge is 2.30. The molecule has 5 aromatic carbocycles. The van der Waals surface area contributed by atoms with Crippen molar-refractivity contribution in [3.63, 3.8) is 0 Å². The first kappa shape index (κ1) is 98.6. The van der Waals surface area contributed by atoms with Gasteiger partial charge in [-0.15, -0.1) is 0 Å². The van der Waals surface area contributed by atoms with E-state index in [1.54, 1.807) is 0 Å². The number of hydrogen-bond donors (Lipinski definition) is 0. The fourth-order valence-corrected chi connectivity index (χ4v) is 19.6. The molecule has 15 heteroatoms. The molecule has 0 fully saturated rings. The number of pyridine rings is 10. The van der Waals surface area contributed by atoms with E-state index in [2.05, 4.69) is 429 Å². The molecule has 0 aliphatic heterocycles. The second kappa shape index (κ2) is 41.0. The van der Waals surface area contributed by atoms with Crippen molar-refractivity contribution in [2.75, 3.05) is 0 Å². The fourth-order valence-electron chi connectivity index (χ4n) is 19.6. The second-order valence-corrected chi connectivity index (χ2v) is 42.9. The smallest absolute Gasteiger partial charge is 0.227 e. The Hall–Kier alpha value is -13.4. The van der Waals surface area contributed by atoms with Gasteiger partial charge < -0.3 is 22.1 Å². The average Bonchev–Trinajstić information content (AvgIpc) is 1.60. The third kappa shape index (κ3) is 21.1. The highest BCUT2D eigenvalue weighted by Crippen LogP contribution is 2.44. The molecule has 0 spiro atoms. The zero-order chi connectivity index (χ0) is 99.2. The fraction of sp³-hybridized carbons (Fsp3) is 0.355. The third-order valence-electron chi connectivity index (χ3n) is 26.8. The molecule has 20 aromatic rings.